The Morgan fingerprint density at radius 2 is 1.95 bits per heavy atom. The number of hydrogen-bond acceptors (Lipinski definition) is 3. The first-order valence-electron chi connectivity index (χ1n) is 6.32. The van der Waals surface area contributed by atoms with E-state index in [2.05, 4.69) is 5.32 Å². The molecule has 2 rings (SSSR count). The molecule has 0 spiro atoms. The SMILES string of the molecule is N#Cc1cc(F)cc(CNCC(O)c2ccccc2)c1. The van der Waals surface area contributed by atoms with Crippen molar-refractivity contribution in [1.82, 2.24) is 5.32 Å². The van der Waals surface area contributed by atoms with Crippen LogP contribution in [0.15, 0.2) is 48.5 Å². The van der Waals surface area contributed by atoms with Crippen LogP contribution in [-0.2, 0) is 6.54 Å². The Kier molecular flexibility index (Phi) is 4.83. The Morgan fingerprint density at radius 3 is 2.65 bits per heavy atom. The second kappa shape index (κ2) is 6.80. The molecule has 20 heavy (non-hydrogen) atoms. The number of hydrogen-bond donors (Lipinski definition) is 2. The maximum absolute atomic E-state index is 13.2. The van der Waals surface area contributed by atoms with Crippen LogP contribution in [0.1, 0.15) is 22.8 Å². The molecule has 2 N–H and O–H groups in total. The van der Waals surface area contributed by atoms with Crippen LogP contribution in [-0.4, -0.2) is 11.7 Å². The van der Waals surface area contributed by atoms with E-state index < -0.39 is 11.9 Å². The summed E-state index contributed by atoms with van der Waals surface area (Å²) in [5.41, 5.74) is 1.81. The van der Waals surface area contributed by atoms with Crippen LogP contribution in [0.25, 0.3) is 0 Å². The first-order chi connectivity index (χ1) is 9.69. The van der Waals surface area contributed by atoms with Gasteiger partial charge in [-0.1, -0.05) is 30.3 Å². The Hall–Kier alpha value is -2.22. The van der Waals surface area contributed by atoms with Crippen LogP contribution in [0, 0.1) is 17.1 Å². The van der Waals surface area contributed by atoms with Gasteiger partial charge in [0.2, 0.25) is 0 Å². The van der Waals surface area contributed by atoms with Gasteiger partial charge in [-0.3, -0.25) is 0 Å². The second-order valence-electron chi connectivity index (χ2n) is 4.52. The lowest BCUT2D eigenvalue weighted by Crippen LogP contribution is -2.21. The molecule has 4 heteroatoms. The number of nitrogens with one attached hydrogen (secondary N) is 1. The van der Waals surface area contributed by atoms with Crippen molar-refractivity contribution in [3.63, 3.8) is 0 Å². The number of benzene rings is 2. The molecule has 2 aromatic rings. The topological polar surface area (TPSA) is 56.0 Å². The van der Waals surface area contributed by atoms with Crippen molar-refractivity contribution < 1.29 is 9.50 Å². The standard InChI is InChI=1S/C16H15FN2O/c17-15-7-12(9-18)6-13(8-15)10-19-11-16(20)14-4-2-1-3-5-14/h1-8,16,19-20H,10-11H2. The number of nitriles is 1. The third kappa shape index (κ3) is 3.89. The van der Waals surface area contributed by atoms with E-state index in [-0.39, 0.29) is 0 Å². The average Bonchev–Trinajstić information content (AvgIpc) is 2.47. The van der Waals surface area contributed by atoms with Gasteiger partial charge < -0.3 is 10.4 Å². The largest absolute Gasteiger partial charge is 0.387 e. The van der Waals surface area contributed by atoms with Crippen LogP contribution >= 0.6 is 0 Å². The van der Waals surface area contributed by atoms with Gasteiger partial charge in [-0.25, -0.2) is 4.39 Å². The van der Waals surface area contributed by atoms with Gasteiger partial charge in [0.1, 0.15) is 5.82 Å². The minimum absolute atomic E-state index is 0.297. The number of aliphatic hydroxyl groups excluding tert-OH is 1. The fraction of sp³-hybridized carbons (Fsp3) is 0.188. The van der Waals surface area contributed by atoms with Gasteiger partial charge in [0.25, 0.3) is 0 Å². The van der Waals surface area contributed by atoms with E-state index in [0.717, 1.165) is 5.56 Å². The van der Waals surface area contributed by atoms with Crippen LogP contribution in [0.5, 0.6) is 0 Å². The molecule has 0 amide bonds. The fourth-order valence-electron chi connectivity index (χ4n) is 1.96. The molecule has 0 heterocycles. The lowest BCUT2D eigenvalue weighted by Gasteiger charge is -2.12. The van der Waals surface area contributed by atoms with E-state index in [1.165, 1.54) is 12.1 Å². The van der Waals surface area contributed by atoms with E-state index in [9.17, 15) is 9.50 Å². The highest BCUT2D eigenvalue weighted by molar-refractivity contribution is 5.33. The summed E-state index contributed by atoms with van der Waals surface area (Å²) < 4.78 is 13.2. The Morgan fingerprint density at radius 1 is 1.20 bits per heavy atom. The van der Waals surface area contributed by atoms with E-state index in [1.54, 1.807) is 6.07 Å². The molecule has 0 aliphatic rings. The molecule has 2 aromatic carbocycles. The number of halogens is 1. The van der Waals surface area contributed by atoms with Crippen LogP contribution in [0.4, 0.5) is 4.39 Å². The molecule has 3 nitrogen and oxygen atoms in total. The molecule has 0 saturated carbocycles. The molecular weight excluding hydrogens is 255 g/mol. The van der Waals surface area contributed by atoms with Gasteiger partial charge in [-0.15, -0.1) is 0 Å². The summed E-state index contributed by atoms with van der Waals surface area (Å²) in [5.74, 6) is -0.426. The van der Waals surface area contributed by atoms with E-state index in [4.69, 9.17) is 5.26 Å². The smallest absolute Gasteiger partial charge is 0.124 e. The predicted octanol–water partition coefficient (Wildman–Crippen LogP) is 2.52. The minimum Gasteiger partial charge on any atom is -0.387 e. The van der Waals surface area contributed by atoms with Crippen molar-refractivity contribution in [2.75, 3.05) is 6.54 Å². The molecule has 0 aliphatic carbocycles. The first-order valence-corrected chi connectivity index (χ1v) is 6.32. The van der Waals surface area contributed by atoms with Gasteiger partial charge in [-0.05, 0) is 29.3 Å². The normalized spacial score (nSPS) is 11.8. The maximum Gasteiger partial charge on any atom is 0.124 e. The quantitative estimate of drug-likeness (QED) is 0.877. The first kappa shape index (κ1) is 14.2. The van der Waals surface area contributed by atoms with E-state index in [0.29, 0.717) is 24.2 Å². The van der Waals surface area contributed by atoms with Crippen molar-refractivity contribution in [1.29, 1.82) is 5.26 Å². The summed E-state index contributed by atoms with van der Waals surface area (Å²) in [4.78, 5) is 0. The number of rotatable bonds is 5. The second-order valence-corrected chi connectivity index (χ2v) is 4.52. The monoisotopic (exact) mass is 270 g/mol. The zero-order valence-electron chi connectivity index (χ0n) is 10.9. The predicted molar refractivity (Wildman–Crippen MR) is 74.2 cm³/mol. The van der Waals surface area contributed by atoms with Gasteiger partial charge in [0, 0.05) is 13.1 Å². The van der Waals surface area contributed by atoms with Crippen LogP contribution in [0.2, 0.25) is 0 Å². The Bertz CT molecular complexity index is 608. The molecule has 0 bridgehead atoms. The van der Waals surface area contributed by atoms with Gasteiger partial charge in [0.05, 0.1) is 17.7 Å². The summed E-state index contributed by atoms with van der Waals surface area (Å²) in [6, 6.07) is 15.4. The maximum atomic E-state index is 13.2. The molecule has 1 unspecified atom stereocenters. The molecule has 1 atom stereocenters. The fourth-order valence-corrected chi connectivity index (χ4v) is 1.96. The van der Waals surface area contributed by atoms with Crippen molar-refractivity contribution >= 4 is 0 Å². The molecule has 0 saturated heterocycles. The minimum atomic E-state index is -0.611. The summed E-state index contributed by atoms with van der Waals surface area (Å²) in [5, 5.41) is 21.8. The van der Waals surface area contributed by atoms with Crippen LogP contribution in [0.3, 0.4) is 0 Å². The summed E-state index contributed by atoms with van der Waals surface area (Å²) in [7, 11) is 0. The Labute approximate surface area is 117 Å². The third-order valence-corrected chi connectivity index (χ3v) is 2.94. The van der Waals surface area contributed by atoms with Gasteiger partial charge >= 0.3 is 0 Å². The lowest BCUT2D eigenvalue weighted by molar-refractivity contribution is 0.174. The number of nitrogens with zero attached hydrogens (tertiary/aromatic N) is 1. The highest BCUT2D eigenvalue weighted by Gasteiger charge is 2.06. The van der Waals surface area contributed by atoms with Crippen LogP contribution < -0.4 is 5.32 Å². The molecule has 0 fully saturated rings. The third-order valence-electron chi connectivity index (χ3n) is 2.94. The molecular formula is C16H15FN2O. The highest BCUT2D eigenvalue weighted by atomic mass is 19.1. The molecule has 0 radical (unpaired) electrons. The van der Waals surface area contributed by atoms with Gasteiger partial charge in [-0.2, -0.15) is 5.26 Å². The number of aliphatic hydroxyl groups is 1. The molecule has 0 aliphatic heterocycles. The summed E-state index contributed by atoms with van der Waals surface area (Å²) >= 11 is 0. The zero-order chi connectivity index (χ0) is 14.4. The van der Waals surface area contributed by atoms with E-state index in [1.807, 2.05) is 36.4 Å². The highest BCUT2D eigenvalue weighted by Crippen LogP contribution is 2.12. The summed E-state index contributed by atoms with van der Waals surface area (Å²) in [6.45, 7) is 0.763. The molecule has 102 valence electrons. The lowest BCUT2D eigenvalue weighted by atomic mass is 10.1. The van der Waals surface area contributed by atoms with Crippen molar-refractivity contribution in [2.24, 2.45) is 0 Å². The zero-order valence-corrected chi connectivity index (χ0v) is 10.9. The van der Waals surface area contributed by atoms with E-state index >= 15 is 0 Å². The van der Waals surface area contributed by atoms with Crippen molar-refractivity contribution in [2.45, 2.75) is 12.6 Å². The van der Waals surface area contributed by atoms with Crippen molar-refractivity contribution in [3.8, 4) is 6.07 Å². The average molecular weight is 270 g/mol. The van der Waals surface area contributed by atoms with Crippen molar-refractivity contribution in [3.05, 3.63) is 71.0 Å². The van der Waals surface area contributed by atoms with Gasteiger partial charge in [0.15, 0.2) is 0 Å². The Balaban J connectivity index is 1.90. The summed E-state index contributed by atoms with van der Waals surface area (Å²) in [6.07, 6.45) is -0.611. The molecule has 0 aromatic heterocycles.